The Morgan fingerprint density at radius 2 is 1.65 bits per heavy atom. The molecule has 1 saturated heterocycles. The minimum atomic E-state index is -2.14. The van der Waals surface area contributed by atoms with E-state index in [9.17, 15) is 4.80 Å². The first-order valence-corrected chi connectivity index (χ1v) is 12.2. The van der Waals surface area contributed by atoms with E-state index >= 15 is 0 Å². The topological polar surface area (TPSA) is 38.7 Å². The number of aryl methyl sites for hydroxylation is 1. The van der Waals surface area contributed by atoms with Crippen molar-refractivity contribution in [1.29, 1.82) is 0 Å². The summed E-state index contributed by atoms with van der Waals surface area (Å²) in [6.07, 6.45) is 2.00. The lowest BCUT2D eigenvalue weighted by Gasteiger charge is -2.34. The highest BCUT2D eigenvalue weighted by atomic mass is 32.1. The Morgan fingerprint density at radius 3 is 2.13 bits per heavy atom. The summed E-state index contributed by atoms with van der Waals surface area (Å²) in [4.78, 5) is 11.8. The predicted molar refractivity (Wildman–Crippen MR) is 102 cm³/mol. The molecule has 1 aromatic heterocycles. The maximum Gasteiger partial charge on any atom is 0.505 e. The van der Waals surface area contributed by atoms with Gasteiger partial charge in [0.25, 0.3) is 0 Å². The monoisotopic (exact) mass is 354 g/mol. The number of thiophene rings is 1. The van der Waals surface area contributed by atoms with Crippen molar-refractivity contribution < 1.29 is 14.1 Å². The van der Waals surface area contributed by atoms with E-state index in [2.05, 4.69) is 53.7 Å². The van der Waals surface area contributed by atoms with Gasteiger partial charge < -0.3 is 14.1 Å². The quantitative estimate of drug-likeness (QED) is 0.814. The molecule has 0 saturated carbocycles. The van der Waals surface area contributed by atoms with Gasteiger partial charge in [-0.25, -0.2) is 0 Å². The van der Waals surface area contributed by atoms with Crippen LogP contribution in [0.5, 0.6) is 0 Å². The van der Waals surface area contributed by atoms with Crippen LogP contribution in [0.1, 0.15) is 52.8 Å². The fourth-order valence-electron chi connectivity index (χ4n) is 2.36. The van der Waals surface area contributed by atoms with Crippen LogP contribution < -0.4 is 4.78 Å². The summed E-state index contributed by atoms with van der Waals surface area (Å²) in [6, 6.07) is 4.30. The lowest BCUT2D eigenvalue weighted by molar-refractivity contribution is 0.00578. The second-order valence-electron chi connectivity index (χ2n) is 8.84. The van der Waals surface area contributed by atoms with E-state index in [1.54, 1.807) is 11.3 Å². The van der Waals surface area contributed by atoms with E-state index in [0.29, 0.717) is 0 Å². The summed E-state index contributed by atoms with van der Waals surface area (Å²) >= 11 is 1.77. The standard InChI is InChI=1S/C17H31BO3SSi/c1-15(2,23(7,8)19)12-11-13-9-10-14(22-13)18-20-16(3,4)17(5,6)21-18/h9-10,19H,11-12H2,1-8H3. The molecule has 1 aromatic rings. The second kappa shape index (κ2) is 5.99. The normalized spacial score (nSPS) is 21.0. The predicted octanol–water partition coefficient (Wildman–Crippen LogP) is 3.96. The highest BCUT2D eigenvalue weighted by Gasteiger charge is 2.52. The summed E-state index contributed by atoms with van der Waals surface area (Å²) in [6.45, 7) is 16.7. The molecule has 0 radical (unpaired) electrons. The molecule has 23 heavy (non-hydrogen) atoms. The van der Waals surface area contributed by atoms with Crippen LogP contribution in [0.15, 0.2) is 12.1 Å². The average molecular weight is 354 g/mol. The molecule has 3 nitrogen and oxygen atoms in total. The number of rotatable bonds is 5. The fourth-order valence-corrected chi connectivity index (χ4v) is 4.06. The molecule has 1 aliphatic heterocycles. The molecule has 6 heteroatoms. The van der Waals surface area contributed by atoms with Crippen molar-refractivity contribution in [2.24, 2.45) is 0 Å². The molecular weight excluding hydrogens is 323 g/mol. The fraction of sp³-hybridized carbons (Fsp3) is 0.765. The van der Waals surface area contributed by atoms with Crippen molar-refractivity contribution >= 4 is 31.5 Å². The lowest BCUT2D eigenvalue weighted by atomic mass is 9.88. The third-order valence-corrected chi connectivity index (χ3v) is 10.5. The van der Waals surface area contributed by atoms with E-state index in [1.807, 2.05) is 13.1 Å². The Labute approximate surface area is 146 Å². The molecule has 1 fully saturated rings. The van der Waals surface area contributed by atoms with Crippen molar-refractivity contribution in [3.8, 4) is 0 Å². The molecule has 0 aliphatic carbocycles. The molecule has 0 bridgehead atoms. The number of hydrogen-bond donors (Lipinski definition) is 1. The molecule has 1 N–H and O–H groups in total. The summed E-state index contributed by atoms with van der Waals surface area (Å²) in [5.41, 5.74) is -0.591. The minimum Gasteiger partial charge on any atom is -0.432 e. The summed E-state index contributed by atoms with van der Waals surface area (Å²) in [5.74, 6) is 0. The molecule has 2 rings (SSSR count). The Hall–Kier alpha value is -0.138. The Morgan fingerprint density at radius 1 is 1.13 bits per heavy atom. The van der Waals surface area contributed by atoms with Gasteiger partial charge in [-0.1, -0.05) is 19.9 Å². The molecule has 0 atom stereocenters. The van der Waals surface area contributed by atoms with Crippen molar-refractivity contribution in [2.75, 3.05) is 0 Å². The first-order valence-electron chi connectivity index (χ1n) is 8.42. The van der Waals surface area contributed by atoms with Crippen LogP contribution in [0.25, 0.3) is 0 Å². The second-order valence-corrected chi connectivity index (χ2v) is 14.5. The van der Waals surface area contributed by atoms with Crippen LogP contribution in [-0.4, -0.2) is 31.4 Å². The van der Waals surface area contributed by atoms with Gasteiger partial charge in [0.1, 0.15) is 0 Å². The van der Waals surface area contributed by atoms with E-state index in [4.69, 9.17) is 9.31 Å². The first-order chi connectivity index (χ1) is 10.3. The van der Waals surface area contributed by atoms with Crippen molar-refractivity contribution in [2.45, 2.75) is 83.7 Å². The molecule has 0 unspecified atom stereocenters. The third-order valence-electron chi connectivity index (χ3n) is 5.82. The molecule has 0 amide bonds. The van der Waals surface area contributed by atoms with Gasteiger partial charge in [0.2, 0.25) is 0 Å². The summed E-state index contributed by atoms with van der Waals surface area (Å²) < 4.78 is 13.4. The molecule has 1 aliphatic rings. The van der Waals surface area contributed by atoms with Gasteiger partial charge in [-0.3, -0.25) is 0 Å². The zero-order chi connectivity index (χ0) is 17.7. The molecule has 130 valence electrons. The third kappa shape index (κ3) is 3.93. The van der Waals surface area contributed by atoms with Gasteiger partial charge in [-0.2, -0.15) is 0 Å². The zero-order valence-corrected chi connectivity index (χ0v) is 17.6. The van der Waals surface area contributed by atoms with Crippen molar-refractivity contribution in [3.05, 3.63) is 17.0 Å². The molecular formula is C17H31BO3SSi. The van der Waals surface area contributed by atoms with E-state index < -0.39 is 8.32 Å². The van der Waals surface area contributed by atoms with E-state index in [0.717, 1.165) is 17.6 Å². The van der Waals surface area contributed by atoms with Gasteiger partial charge in [0.05, 0.1) is 11.2 Å². The number of hydrogen-bond acceptors (Lipinski definition) is 4. The van der Waals surface area contributed by atoms with Crippen molar-refractivity contribution in [3.63, 3.8) is 0 Å². The smallest absolute Gasteiger partial charge is 0.432 e. The lowest BCUT2D eigenvalue weighted by Crippen LogP contribution is -2.41. The largest absolute Gasteiger partial charge is 0.505 e. The van der Waals surface area contributed by atoms with Gasteiger partial charge in [-0.15, -0.1) is 11.3 Å². The van der Waals surface area contributed by atoms with Gasteiger partial charge in [-0.05, 0) is 64.7 Å². The highest BCUT2D eigenvalue weighted by Crippen LogP contribution is 2.40. The van der Waals surface area contributed by atoms with Crippen molar-refractivity contribution in [1.82, 2.24) is 0 Å². The molecule has 0 spiro atoms. The zero-order valence-electron chi connectivity index (χ0n) is 15.8. The van der Waals surface area contributed by atoms with Crippen LogP contribution in [-0.2, 0) is 15.7 Å². The first kappa shape index (κ1) is 19.2. The summed E-state index contributed by atoms with van der Waals surface area (Å²) in [7, 11) is -2.41. The maximum absolute atomic E-state index is 10.4. The SMILES string of the molecule is CC1(C)OB(c2ccc(CCC(C)(C)[Si](C)(C)O)s2)OC1(C)C. The van der Waals surface area contributed by atoms with Crippen LogP contribution in [0, 0.1) is 0 Å². The van der Waals surface area contributed by atoms with Gasteiger partial charge >= 0.3 is 7.12 Å². The Bertz CT molecular complexity index is 544. The van der Waals surface area contributed by atoms with E-state index in [-0.39, 0.29) is 23.4 Å². The molecule has 0 aromatic carbocycles. The van der Waals surface area contributed by atoms with Gasteiger partial charge in [0.15, 0.2) is 8.32 Å². The Balaban J connectivity index is 2.03. The van der Waals surface area contributed by atoms with E-state index in [1.165, 1.54) is 4.88 Å². The van der Waals surface area contributed by atoms with Crippen LogP contribution in [0.4, 0.5) is 0 Å². The maximum atomic E-state index is 10.4. The molecule has 2 heterocycles. The average Bonchev–Trinajstić information content (AvgIpc) is 2.89. The van der Waals surface area contributed by atoms with Crippen LogP contribution >= 0.6 is 11.3 Å². The highest BCUT2D eigenvalue weighted by molar-refractivity contribution is 7.22. The summed E-state index contributed by atoms with van der Waals surface area (Å²) in [5, 5.41) is 0.0154. The van der Waals surface area contributed by atoms with Crippen LogP contribution in [0.2, 0.25) is 18.1 Å². The van der Waals surface area contributed by atoms with Crippen LogP contribution in [0.3, 0.4) is 0 Å². The van der Waals surface area contributed by atoms with Gasteiger partial charge in [0, 0.05) is 9.65 Å². The Kier molecular flexibility index (Phi) is 5.00. The minimum absolute atomic E-state index is 0.0154.